The first-order valence-corrected chi connectivity index (χ1v) is 8.89. The van der Waals surface area contributed by atoms with Gasteiger partial charge in [-0.3, -0.25) is 0 Å². The van der Waals surface area contributed by atoms with E-state index in [0.717, 1.165) is 50.9 Å². The van der Waals surface area contributed by atoms with Crippen LogP contribution in [0.3, 0.4) is 0 Å². The van der Waals surface area contributed by atoms with Gasteiger partial charge in [-0.2, -0.15) is 0 Å². The Bertz CT molecular complexity index is 575. The number of rotatable bonds is 4. The number of benzene rings is 1. The van der Waals surface area contributed by atoms with Crippen molar-refractivity contribution in [1.82, 2.24) is 5.32 Å². The van der Waals surface area contributed by atoms with Gasteiger partial charge in [-0.25, -0.2) is 9.18 Å². The maximum Gasteiger partial charge on any atom is 0.319 e. The van der Waals surface area contributed by atoms with Crippen molar-refractivity contribution in [1.29, 1.82) is 0 Å². The van der Waals surface area contributed by atoms with Gasteiger partial charge in [0, 0.05) is 19.6 Å². The number of hydrogen-bond acceptors (Lipinski definition) is 3. The lowest BCUT2D eigenvalue weighted by Gasteiger charge is -2.30. The molecular weight excluding hydrogens is 309 g/mol. The normalized spacial score (nSPS) is 24.0. The Morgan fingerprint density at radius 2 is 2.04 bits per heavy atom. The van der Waals surface area contributed by atoms with Gasteiger partial charge in [0.25, 0.3) is 0 Å². The average molecular weight is 335 g/mol. The summed E-state index contributed by atoms with van der Waals surface area (Å²) < 4.78 is 13.6. The molecule has 1 aliphatic carbocycles. The molecule has 1 saturated heterocycles. The summed E-state index contributed by atoms with van der Waals surface area (Å²) >= 11 is 0. The number of urea groups is 1. The van der Waals surface area contributed by atoms with Crippen molar-refractivity contribution in [2.75, 3.05) is 29.9 Å². The van der Waals surface area contributed by atoms with E-state index >= 15 is 0 Å². The molecule has 2 fully saturated rings. The highest BCUT2D eigenvalue weighted by atomic mass is 19.1. The van der Waals surface area contributed by atoms with Crippen LogP contribution in [-0.2, 0) is 0 Å². The fourth-order valence-corrected chi connectivity index (χ4v) is 3.66. The molecule has 0 aromatic heterocycles. The van der Waals surface area contributed by atoms with Crippen LogP contribution in [0.5, 0.6) is 0 Å². The van der Waals surface area contributed by atoms with Crippen molar-refractivity contribution in [2.24, 2.45) is 5.92 Å². The van der Waals surface area contributed by atoms with Gasteiger partial charge in [0.2, 0.25) is 0 Å². The first-order valence-electron chi connectivity index (χ1n) is 8.89. The van der Waals surface area contributed by atoms with Crippen LogP contribution in [0.15, 0.2) is 18.2 Å². The first-order chi connectivity index (χ1) is 11.6. The highest BCUT2D eigenvalue weighted by molar-refractivity contribution is 5.93. The second-order valence-corrected chi connectivity index (χ2v) is 6.88. The van der Waals surface area contributed by atoms with Crippen molar-refractivity contribution >= 4 is 17.4 Å². The Morgan fingerprint density at radius 1 is 1.25 bits per heavy atom. The second kappa shape index (κ2) is 7.83. The van der Waals surface area contributed by atoms with Crippen LogP contribution in [0.2, 0.25) is 0 Å². The maximum absolute atomic E-state index is 13.6. The summed E-state index contributed by atoms with van der Waals surface area (Å²) in [5.41, 5.74) is 1.39. The Kier molecular flexibility index (Phi) is 5.56. The summed E-state index contributed by atoms with van der Waals surface area (Å²) in [5.74, 6) is -0.0372. The number of aliphatic hydroxyl groups excluding tert-OH is 1. The number of carbonyl (C=O) groups is 1. The zero-order chi connectivity index (χ0) is 16.9. The van der Waals surface area contributed by atoms with E-state index in [-0.39, 0.29) is 18.0 Å². The van der Waals surface area contributed by atoms with Crippen molar-refractivity contribution in [3.8, 4) is 0 Å². The molecule has 1 aliphatic heterocycles. The summed E-state index contributed by atoms with van der Waals surface area (Å²) in [6.45, 7) is 2.40. The van der Waals surface area contributed by atoms with Gasteiger partial charge in [0.15, 0.2) is 0 Å². The Hall–Kier alpha value is -1.82. The van der Waals surface area contributed by atoms with E-state index in [0.29, 0.717) is 18.2 Å². The third kappa shape index (κ3) is 4.38. The molecule has 132 valence electrons. The lowest BCUT2D eigenvalue weighted by atomic mass is 10.1. The van der Waals surface area contributed by atoms with Gasteiger partial charge in [0.1, 0.15) is 5.82 Å². The fourth-order valence-electron chi connectivity index (χ4n) is 3.66. The number of piperidine rings is 1. The topological polar surface area (TPSA) is 64.6 Å². The van der Waals surface area contributed by atoms with E-state index in [1.807, 2.05) is 0 Å². The third-order valence-electron chi connectivity index (χ3n) is 4.97. The zero-order valence-corrected chi connectivity index (χ0v) is 13.9. The van der Waals surface area contributed by atoms with E-state index in [4.69, 9.17) is 0 Å². The molecule has 5 nitrogen and oxygen atoms in total. The minimum atomic E-state index is -0.357. The van der Waals surface area contributed by atoms with Crippen molar-refractivity contribution < 1.29 is 14.3 Å². The van der Waals surface area contributed by atoms with Crippen LogP contribution >= 0.6 is 0 Å². The van der Waals surface area contributed by atoms with Crippen molar-refractivity contribution in [2.45, 2.75) is 44.6 Å². The second-order valence-electron chi connectivity index (χ2n) is 6.88. The number of anilines is 2. The number of halogens is 1. The van der Waals surface area contributed by atoms with Crippen LogP contribution in [0.4, 0.5) is 20.6 Å². The molecule has 0 spiro atoms. The van der Waals surface area contributed by atoms with Crippen molar-refractivity contribution in [3.05, 3.63) is 24.0 Å². The van der Waals surface area contributed by atoms with Gasteiger partial charge in [-0.1, -0.05) is 0 Å². The van der Waals surface area contributed by atoms with Gasteiger partial charge in [-0.15, -0.1) is 0 Å². The molecule has 2 aliphatic rings. The Labute approximate surface area is 142 Å². The monoisotopic (exact) mass is 335 g/mol. The summed E-state index contributed by atoms with van der Waals surface area (Å²) in [6, 6.07) is 4.24. The van der Waals surface area contributed by atoms with E-state index in [1.165, 1.54) is 18.6 Å². The Morgan fingerprint density at radius 3 is 2.75 bits per heavy atom. The summed E-state index contributed by atoms with van der Waals surface area (Å²) in [6.07, 6.45) is 5.68. The maximum atomic E-state index is 13.6. The summed E-state index contributed by atoms with van der Waals surface area (Å²) in [5, 5.41) is 15.2. The summed E-state index contributed by atoms with van der Waals surface area (Å²) in [4.78, 5) is 14.4. The third-order valence-corrected chi connectivity index (χ3v) is 4.97. The number of hydrogen-bond donors (Lipinski definition) is 3. The minimum Gasteiger partial charge on any atom is -0.393 e. The van der Waals surface area contributed by atoms with Crippen LogP contribution in [-0.4, -0.2) is 36.9 Å². The van der Waals surface area contributed by atoms with Gasteiger partial charge < -0.3 is 20.6 Å². The lowest BCUT2D eigenvalue weighted by Crippen LogP contribution is -2.34. The number of aliphatic hydroxyl groups is 1. The average Bonchev–Trinajstić information content (AvgIpc) is 2.99. The van der Waals surface area contributed by atoms with Crippen LogP contribution in [0.25, 0.3) is 0 Å². The molecule has 3 rings (SSSR count). The minimum absolute atomic E-state index is 0.242. The lowest BCUT2D eigenvalue weighted by molar-refractivity contribution is 0.177. The van der Waals surface area contributed by atoms with Crippen molar-refractivity contribution in [3.63, 3.8) is 0 Å². The SMILES string of the molecule is O=C(NCC1CCC(O)C1)Nc1cc(F)ccc1N1CCCCC1. The molecular formula is C18H26FN3O2. The molecule has 1 aromatic rings. The molecule has 1 aromatic carbocycles. The molecule has 1 saturated carbocycles. The Balaban J connectivity index is 1.60. The van der Waals surface area contributed by atoms with E-state index < -0.39 is 0 Å². The fraction of sp³-hybridized carbons (Fsp3) is 0.611. The highest BCUT2D eigenvalue weighted by Gasteiger charge is 2.23. The molecule has 6 heteroatoms. The van der Waals surface area contributed by atoms with E-state index in [9.17, 15) is 14.3 Å². The largest absolute Gasteiger partial charge is 0.393 e. The quantitative estimate of drug-likeness (QED) is 0.792. The number of carbonyl (C=O) groups excluding carboxylic acids is 1. The number of nitrogens with zero attached hydrogens (tertiary/aromatic N) is 1. The molecule has 0 radical (unpaired) electrons. The van der Waals surface area contributed by atoms with E-state index in [2.05, 4.69) is 15.5 Å². The molecule has 2 amide bonds. The molecule has 3 N–H and O–H groups in total. The van der Waals surface area contributed by atoms with E-state index in [1.54, 1.807) is 6.07 Å². The summed E-state index contributed by atoms with van der Waals surface area (Å²) in [7, 11) is 0. The molecule has 2 unspecified atom stereocenters. The first kappa shape index (κ1) is 17.0. The molecule has 0 bridgehead atoms. The van der Waals surface area contributed by atoms with Gasteiger partial charge >= 0.3 is 6.03 Å². The smallest absolute Gasteiger partial charge is 0.319 e. The van der Waals surface area contributed by atoms with Crippen LogP contribution in [0.1, 0.15) is 38.5 Å². The number of amides is 2. The highest BCUT2D eigenvalue weighted by Crippen LogP contribution is 2.29. The van der Waals surface area contributed by atoms with Crippen LogP contribution in [0, 0.1) is 11.7 Å². The number of nitrogens with one attached hydrogen (secondary N) is 2. The molecule has 1 heterocycles. The van der Waals surface area contributed by atoms with Crippen LogP contribution < -0.4 is 15.5 Å². The predicted molar refractivity (Wildman–Crippen MR) is 92.8 cm³/mol. The van der Waals surface area contributed by atoms with Gasteiger partial charge in [0.05, 0.1) is 17.5 Å². The standard InChI is InChI=1S/C18H26FN3O2/c19-14-5-7-17(22-8-2-1-3-9-22)16(11-14)21-18(24)20-12-13-4-6-15(23)10-13/h5,7,11,13,15,23H,1-4,6,8-10,12H2,(H2,20,21,24). The van der Waals surface area contributed by atoms with Gasteiger partial charge in [-0.05, 0) is 62.6 Å². The zero-order valence-electron chi connectivity index (χ0n) is 13.9. The molecule has 2 atom stereocenters. The molecule has 24 heavy (non-hydrogen) atoms. The predicted octanol–water partition coefficient (Wildman–Crippen LogP) is 3.10.